The molecule has 92 valence electrons. The molecule has 1 aliphatic rings. The molecule has 1 heterocycles. The van der Waals surface area contributed by atoms with Crippen LogP contribution in [0, 0.1) is 5.92 Å². The Labute approximate surface area is 103 Å². The third kappa shape index (κ3) is 2.99. The standard InChI is InChI=1S/C14H21N3/c1-10-8-14(15)17-13(10)7-6-11-4-3-5-12(9-11)16-2/h3-5,9-10,13,16H,6-8H2,1-2H3,(H2,15,17)/t10-,13+/m0/s1. The van der Waals surface area contributed by atoms with Crippen molar-refractivity contribution < 1.29 is 0 Å². The van der Waals surface area contributed by atoms with Crippen LogP contribution in [0.4, 0.5) is 5.69 Å². The Morgan fingerprint density at radius 2 is 2.29 bits per heavy atom. The monoisotopic (exact) mass is 231 g/mol. The zero-order valence-corrected chi connectivity index (χ0v) is 10.6. The highest BCUT2D eigenvalue weighted by molar-refractivity contribution is 5.82. The second-order valence-corrected chi connectivity index (χ2v) is 4.86. The molecule has 0 aromatic heterocycles. The second-order valence-electron chi connectivity index (χ2n) is 4.86. The number of aryl methyl sites for hydroxylation is 1. The summed E-state index contributed by atoms with van der Waals surface area (Å²) in [5.74, 6) is 1.42. The summed E-state index contributed by atoms with van der Waals surface area (Å²) in [5, 5.41) is 3.16. The number of anilines is 1. The lowest BCUT2D eigenvalue weighted by Gasteiger charge is -2.13. The third-order valence-electron chi connectivity index (χ3n) is 3.46. The zero-order chi connectivity index (χ0) is 12.3. The van der Waals surface area contributed by atoms with Gasteiger partial charge in [0.05, 0.1) is 11.9 Å². The molecule has 2 rings (SSSR count). The van der Waals surface area contributed by atoms with Crippen LogP contribution in [0.2, 0.25) is 0 Å². The van der Waals surface area contributed by atoms with Gasteiger partial charge in [0.15, 0.2) is 0 Å². The van der Waals surface area contributed by atoms with Crippen molar-refractivity contribution in [3.05, 3.63) is 29.8 Å². The minimum Gasteiger partial charge on any atom is -0.388 e. The van der Waals surface area contributed by atoms with Gasteiger partial charge in [-0.2, -0.15) is 0 Å². The number of aliphatic imine (C=N–C) groups is 1. The van der Waals surface area contributed by atoms with Crippen molar-refractivity contribution in [1.82, 2.24) is 0 Å². The van der Waals surface area contributed by atoms with Crippen LogP contribution in [0.1, 0.15) is 25.3 Å². The van der Waals surface area contributed by atoms with Crippen LogP contribution >= 0.6 is 0 Å². The smallest absolute Gasteiger partial charge is 0.0944 e. The summed E-state index contributed by atoms with van der Waals surface area (Å²) >= 11 is 0. The number of nitrogens with zero attached hydrogens (tertiary/aromatic N) is 1. The maximum Gasteiger partial charge on any atom is 0.0944 e. The van der Waals surface area contributed by atoms with Crippen LogP contribution in [0.3, 0.4) is 0 Å². The Balaban J connectivity index is 1.93. The molecule has 0 aliphatic carbocycles. The predicted molar refractivity (Wildman–Crippen MR) is 73.5 cm³/mol. The number of nitrogens with two attached hydrogens (primary N) is 1. The summed E-state index contributed by atoms with van der Waals surface area (Å²) in [5.41, 5.74) is 8.31. The SMILES string of the molecule is CNc1cccc(CC[C@H]2N=C(N)C[C@@H]2C)c1. The summed E-state index contributed by atoms with van der Waals surface area (Å²) in [7, 11) is 1.95. The normalized spacial score (nSPS) is 23.5. The van der Waals surface area contributed by atoms with E-state index >= 15 is 0 Å². The van der Waals surface area contributed by atoms with Crippen LogP contribution < -0.4 is 11.1 Å². The van der Waals surface area contributed by atoms with Gasteiger partial charge in [0.25, 0.3) is 0 Å². The molecular weight excluding hydrogens is 210 g/mol. The Morgan fingerprint density at radius 3 is 2.94 bits per heavy atom. The quantitative estimate of drug-likeness (QED) is 0.836. The minimum absolute atomic E-state index is 0.410. The molecule has 0 fully saturated rings. The Morgan fingerprint density at radius 1 is 1.47 bits per heavy atom. The van der Waals surface area contributed by atoms with Gasteiger partial charge in [-0.3, -0.25) is 4.99 Å². The van der Waals surface area contributed by atoms with E-state index in [0.717, 1.165) is 25.1 Å². The number of amidine groups is 1. The van der Waals surface area contributed by atoms with Crippen LogP contribution in [0.5, 0.6) is 0 Å². The molecule has 3 heteroatoms. The zero-order valence-electron chi connectivity index (χ0n) is 10.6. The van der Waals surface area contributed by atoms with Gasteiger partial charge in [-0.05, 0) is 36.5 Å². The summed E-state index contributed by atoms with van der Waals surface area (Å²) in [6.45, 7) is 2.23. The maximum atomic E-state index is 5.77. The molecule has 1 aliphatic heterocycles. The van der Waals surface area contributed by atoms with E-state index in [0.29, 0.717) is 12.0 Å². The molecule has 0 saturated carbocycles. The van der Waals surface area contributed by atoms with Gasteiger partial charge in [-0.25, -0.2) is 0 Å². The van der Waals surface area contributed by atoms with Crippen LogP contribution in [0.15, 0.2) is 29.3 Å². The lowest BCUT2D eigenvalue weighted by atomic mass is 9.96. The van der Waals surface area contributed by atoms with E-state index in [1.54, 1.807) is 0 Å². The van der Waals surface area contributed by atoms with E-state index in [4.69, 9.17) is 5.73 Å². The maximum absolute atomic E-state index is 5.77. The molecule has 0 amide bonds. The van der Waals surface area contributed by atoms with Gasteiger partial charge < -0.3 is 11.1 Å². The molecule has 0 radical (unpaired) electrons. The fourth-order valence-electron chi connectivity index (χ4n) is 2.40. The first-order valence-corrected chi connectivity index (χ1v) is 6.28. The summed E-state index contributed by atoms with van der Waals surface area (Å²) < 4.78 is 0. The molecule has 3 N–H and O–H groups in total. The average molecular weight is 231 g/mol. The van der Waals surface area contributed by atoms with E-state index in [1.165, 1.54) is 11.3 Å². The number of rotatable bonds is 4. The molecule has 1 aromatic rings. The summed E-state index contributed by atoms with van der Waals surface area (Å²) in [6, 6.07) is 8.96. The van der Waals surface area contributed by atoms with Crippen molar-refractivity contribution in [2.45, 2.75) is 32.2 Å². The van der Waals surface area contributed by atoms with Crippen molar-refractivity contribution in [3.63, 3.8) is 0 Å². The largest absolute Gasteiger partial charge is 0.388 e. The third-order valence-corrected chi connectivity index (χ3v) is 3.46. The van der Waals surface area contributed by atoms with Crippen molar-refractivity contribution in [2.24, 2.45) is 16.6 Å². The second kappa shape index (κ2) is 5.21. The number of hydrogen-bond acceptors (Lipinski definition) is 3. The van der Waals surface area contributed by atoms with Gasteiger partial charge in [-0.1, -0.05) is 19.1 Å². The van der Waals surface area contributed by atoms with E-state index < -0.39 is 0 Å². The van der Waals surface area contributed by atoms with Crippen LogP contribution in [-0.4, -0.2) is 18.9 Å². The van der Waals surface area contributed by atoms with Crippen molar-refractivity contribution >= 4 is 11.5 Å². The highest BCUT2D eigenvalue weighted by Crippen LogP contribution is 2.23. The summed E-state index contributed by atoms with van der Waals surface area (Å²) in [4.78, 5) is 4.51. The van der Waals surface area contributed by atoms with Crippen LogP contribution in [-0.2, 0) is 6.42 Å². The molecule has 1 aromatic carbocycles. The van der Waals surface area contributed by atoms with Gasteiger partial charge in [-0.15, -0.1) is 0 Å². The van der Waals surface area contributed by atoms with Crippen LogP contribution in [0.25, 0.3) is 0 Å². The minimum atomic E-state index is 0.410. The summed E-state index contributed by atoms with van der Waals surface area (Å²) in [6.07, 6.45) is 3.12. The van der Waals surface area contributed by atoms with E-state index in [1.807, 2.05) is 7.05 Å². The number of nitrogens with one attached hydrogen (secondary N) is 1. The lowest BCUT2D eigenvalue weighted by Crippen LogP contribution is -2.12. The molecule has 0 saturated heterocycles. The first-order chi connectivity index (χ1) is 8.19. The Hall–Kier alpha value is -1.51. The van der Waals surface area contributed by atoms with E-state index in [9.17, 15) is 0 Å². The van der Waals surface area contributed by atoms with E-state index in [2.05, 4.69) is 41.5 Å². The van der Waals surface area contributed by atoms with E-state index in [-0.39, 0.29) is 0 Å². The molecule has 17 heavy (non-hydrogen) atoms. The van der Waals surface area contributed by atoms with Crippen molar-refractivity contribution in [1.29, 1.82) is 0 Å². The van der Waals surface area contributed by atoms with Crippen molar-refractivity contribution in [2.75, 3.05) is 12.4 Å². The van der Waals surface area contributed by atoms with Gasteiger partial charge >= 0.3 is 0 Å². The molecular formula is C14H21N3. The fourth-order valence-corrected chi connectivity index (χ4v) is 2.40. The number of benzene rings is 1. The topological polar surface area (TPSA) is 50.4 Å². The fraction of sp³-hybridized carbons (Fsp3) is 0.500. The number of hydrogen-bond donors (Lipinski definition) is 2. The van der Waals surface area contributed by atoms with Gasteiger partial charge in [0.1, 0.15) is 0 Å². The van der Waals surface area contributed by atoms with Gasteiger partial charge in [0.2, 0.25) is 0 Å². The Bertz CT molecular complexity index is 412. The predicted octanol–water partition coefficient (Wildman–Crippen LogP) is 2.43. The highest BCUT2D eigenvalue weighted by atomic mass is 14.9. The lowest BCUT2D eigenvalue weighted by molar-refractivity contribution is 0.476. The van der Waals surface area contributed by atoms with Crippen molar-refractivity contribution in [3.8, 4) is 0 Å². The average Bonchev–Trinajstić information content (AvgIpc) is 2.65. The molecule has 0 spiro atoms. The molecule has 0 unspecified atom stereocenters. The molecule has 2 atom stereocenters. The molecule has 3 nitrogen and oxygen atoms in total. The first-order valence-electron chi connectivity index (χ1n) is 6.28. The molecule has 0 bridgehead atoms. The highest BCUT2D eigenvalue weighted by Gasteiger charge is 2.23. The van der Waals surface area contributed by atoms with Gasteiger partial charge in [0, 0.05) is 19.2 Å². The first kappa shape index (κ1) is 12.0. The Kier molecular flexibility index (Phi) is 3.67.